The Balaban J connectivity index is 0.000000861. The SMILES string of the molecule is CC.CC1=Nc2c(cc(C)c(C)c2Br)C(C(C)C)C1. The lowest BCUT2D eigenvalue weighted by molar-refractivity contribution is 0.507. The Labute approximate surface area is 126 Å². The van der Waals surface area contributed by atoms with Crippen LogP contribution in [0.25, 0.3) is 0 Å². The van der Waals surface area contributed by atoms with Crippen molar-refractivity contribution in [3.05, 3.63) is 27.2 Å². The zero-order valence-electron chi connectivity index (χ0n) is 13.3. The van der Waals surface area contributed by atoms with Gasteiger partial charge < -0.3 is 0 Å². The minimum atomic E-state index is 0.609. The molecule has 2 heteroatoms. The molecule has 0 bridgehead atoms. The van der Waals surface area contributed by atoms with Crippen LogP contribution in [-0.4, -0.2) is 5.71 Å². The summed E-state index contributed by atoms with van der Waals surface area (Å²) in [4.78, 5) is 4.75. The molecule has 0 aromatic heterocycles. The Morgan fingerprint density at radius 2 is 1.79 bits per heavy atom. The quantitative estimate of drug-likeness (QED) is 0.572. The van der Waals surface area contributed by atoms with Gasteiger partial charge in [0.1, 0.15) is 0 Å². The molecule has 0 saturated heterocycles. The van der Waals surface area contributed by atoms with Crippen molar-refractivity contribution in [3.8, 4) is 0 Å². The van der Waals surface area contributed by atoms with E-state index in [2.05, 4.69) is 56.6 Å². The Hall–Kier alpha value is -0.630. The van der Waals surface area contributed by atoms with E-state index in [1.54, 1.807) is 0 Å². The molecule has 0 N–H and O–H groups in total. The Morgan fingerprint density at radius 1 is 1.21 bits per heavy atom. The number of aliphatic imine (C=N–C) groups is 1. The van der Waals surface area contributed by atoms with E-state index in [-0.39, 0.29) is 0 Å². The monoisotopic (exact) mass is 323 g/mol. The van der Waals surface area contributed by atoms with Gasteiger partial charge in [-0.3, -0.25) is 4.99 Å². The van der Waals surface area contributed by atoms with Crippen LogP contribution in [-0.2, 0) is 0 Å². The van der Waals surface area contributed by atoms with Crippen molar-refractivity contribution in [2.45, 2.75) is 60.8 Å². The molecule has 1 aromatic rings. The van der Waals surface area contributed by atoms with Crippen LogP contribution in [0.4, 0.5) is 5.69 Å². The first-order chi connectivity index (χ1) is 8.91. The maximum Gasteiger partial charge on any atom is 0.0808 e. The van der Waals surface area contributed by atoms with E-state index in [4.69, 9.17) is 4.99 Å². The molecule has 0 spiro atoms. The lowest BCUT2D eigenvalue weighted by Gasteiger charge is -2.28. The van der Waals surface area contributed by atoms with Crippen LogP contribution in [0.2, 0.25) is 0 Å². The predicted octanol–water partition coefficient (Wildman–Crippen LogP) is 6.33. The maximum atomic E-state index is 4.75. The second-order valence-electron chi connectivity index (χ2n) is 5.47. The average molecular weight is 324 g/mol. The van der Waals surface area contributed by atoms with Gasteiger partial charge in [0.25, 0.3) is 0 Å². The molecule has 106 valence electrons. The van der Waals surface area contributed by atoms with Crippen molar-refractivity contribution in [2.24, 2.45) is 10.9 Å². The molecule has 2 rings (SSSR count). The number of fused-ring (bicyclic) bond motifs is 1. The van der Waals surface area contributed by atoms with Gasteiger partial charge in [0.2, 0.25) is 0 Å². The molecule has 0 radical (unpaired) electrons. The number of benzene rings is 1. The fourth-order valence-corrected chi connectivity index (χ4v) is 3.17. The van der Waals surface area contributed by atoms with Crippen LogP contribution in [0.1, 0.15) is 63.6 Å². The van der Waals surface area contributed by atoms with Crippen LogP contribution in [0.15, 0.2) is 15.5 Å². The molecule has 0 amide bonds. The smallest absolute Gasteiger partial charge is 0.0808 e. The summed E-state index contributed by atoms with van der Waals surface area (Å²) in [6.45, 7) is 15.1. The topological polar surface area (TPSA) is 12.4 Å². The summed E-state index contributed by atoms with van der Waals surface area (Å²) in [6.07, 6.45) is 1.10. The summed E-state index contributed by atoms with van der Waals surface area (Å²) in [5, 5.41) is 0. The Morgan fingerprint density at radius 3 is 2.32 bits per heavy atom. The lowest BCUT2D eigenvalue weighted by Crippen LogP contribution is -2.15. The number of halogens is 1. The fourth-order valence-electron chi connectivity index (χ4n) is 2.54. The zero-order chi connectivity index (χ0) is 14.7. The zero-order valence-corrected chi connectivity index (χ0v) is 14.9. The normalized spacial score (nSPS) is 17.5. The van der Waals surface area contributed by atoms with Crippen molar-refractivity contribution in [2.75, 3.05) is 0 Å². The van der Waals surface area contributed by atoms with Crippen LogP contribution in [0.3, 0.4) is 0 Å². The predicted molar refractivity (Wildman–Crippen MR) is 89.9 cm³/mol. The summed E-state index contributed by atoms with van der Waals surface area (Å²) in [5.41, 5.74) is 6.50. The van der Waals surface area contributed by atoms with Crippen LogP contribution in [0, 0.1) is 19.8 Å². The van der Waals surface area contributed by atoms with Crippen LogP contribution < -0.4 is 0 Å². The molecule has 1 atom stereocenters. The summed E-state index contributed by atoms with van der Waals surface area (Å²) in [5.74, 6) is 1.27. The van der Waals surface area contributed by atoms with Gasteiger partial charge in [-0.15, -0.1) is 0 Å². The van der Waals surface area contributed by atoms with E-state index in [1.165, 1.54) is 26.9 Å². The van der Waals surface area contributed by atoms with Crippen LogP contribution >= 0.6 is 15.9 Å². The van der Waals surface area contributed by atoms with Gasteiger partial charge >= 0.3 is 0 Å². The van der Waals surface area contributed by atoms with Crippen LogP contribution in [0.5, 0.6) is 0 Å². The Kier molecular flexibility index (Phi) is 5.79. The van der Waals surface area contributed by atoms with E-state index in [9.17, 15) is 0 Å². The molecule has 1 heterocycles. The average Bonchev–Trinajstić information content (AvgIpc) is 2.39. The van der Waals surface area contributed by atoms with Crippen molar-refractivity contribution in [1.82, 2.24) is 0 Å². The molecule has 1 unspecified atom stereocenters. The highest BCUT2D eigenvalue weighted by Crippen LogP contribution is 2.44. The van der Waals surface area contributed by atoms with Gasteiger partial charge in [0, 0.05) is 10.2 Å². The third-order valence-corrected chi connectivity index (χ3v) is 4.77. The van der Waals surface area contributed by atoms with Crippen molar-refractivity contribution < 1.29 is 0 Å². The van der Waals surface area contributed by atoms with Gasteiger partial charge in [0.15, 0.2) is 0 Å². The molecule has 1 aromatic carbocycles. The van der Waals surface area contributed by atoms with Crippen molar-refractivity contribution in [3.63, 3.8) is 0 Å². The molecule has 0 aliphatic carbocycles. The fraction of sp³-hybridized carbons (Fsp3) is 0.588. The van der Waals surface area contributed by atoms with E-state index in [0.717, 1.165) is 12.1 Å². The summed E-state index contributed by atoms with van der Waals surface area (Å²) < 4.78 is 1.18. The molecule has 1 nitrogen and oxygen atoms in total. The van der Waals surface area contributed by atoms with Gasteiger partial charge in [-0.05, 0) is 71.6 Å². The minimum Gasteiger partial charge on any atom is -0.257 e. The Bertz CT molecular complexity index is 487. The number of hydrogen-bond acceptors (Lipinski definition) is 1. The molecular weight excluding hydrogens is 298 g/mol. The van der Waals surface area contributed by atoms with Gasteiger partial charge in [-0.2, -0.15) is 0 Å². The van der Waals surface area contributed by atoms with Crippen molar-refractivity contribution in [1.29, 1.82) is 0 Å². The number of nitrogens with zero attached hydrogens (tertiary/aromatic N) is 1. The van der Waals surface area contributed by atoms with Gasteiger partial charge in [-0.1, -0.05) is 33.8 Å². The third-order valence-electron chi connectivity index (χ3n) is 3.80. The first kappa shape index (κ1) is 16.4. The molecule has 0 fully saturated rings. The minimum absolute atomic E-state index is 0.609. The molecule has 19 heavy (non-hydrogen) atoms. The largest absolute Gasteiger partial charge is 0.257 e. The lowest BCUT2D eigenvalue weighted by atomic mass is 9.81. The molecule has 1 aliphatic heterocycles. The molecule has 1 aliphatic rings. The highest BCUT2D eigenvalue weighted by atomic mass is 79.9. The number of hydrogen-bond donors (Lipinski definition) is 0. The molecular formula is C17H26BrN. The van der Waals surface area contributed by atoms with Gasteiger partial charge in [-0.25, -0.2) is 0 Å². The van der Waals surface area contributed by atoms with E-state index >= 15 is 0 Å². The van der Waals surface area contributed by atoms with Gasteiger partial charge in [0.05, 0.1) is 5.69 Å². The standard InChI is InChI=1S/C15H20BrN.C2H6/c1-8(2)12-7-10(4)17-15-13(12)6-9(3)11(5)14(15)16;1-2/h6,8,12H,7H2,1-5H3;1-2H3. The highest BCUT2D eigenvalue weighted by molar-refractivity contribution is 9.10. The second-order valence-corrected chi connectivity index (χ2v) is 6.26. The maximum absolute atomic E-state index is 4.75. The van der Waals surface area contributed by atoms with Crippen molar-refractivity contribution >= 4 is 27.3 Å². The van der Waals surface area contributed by atoms with E-state index in [1.807, 2.05) is 13.8 Å². The van der Waals surface area contributed by atoms with E-state index < -0.39 is 0 Å². The second kappa shape index (κ2) is 6.69. The summed E-state index contributed by atoms with van der Waals surface area (Å²) >= 11 is 3.71. The summed E-state index contributed by atoms with van der Waals surface area (Å²) in [6, 6.07) is 2.33. The van der Waals surface area contributed by atoms with E-state index in [0.29, 0.717) is 11.8 Å². The third kappa shape index (κ3) is 3.28. The first-order valence-electron chi connectivity index (χ1n) is 7.25. The first-order valence-corrected chi connectivity index (χ1v) is 8.05. The highest BCUT2D eigenvalue weighted by Gasteiger charge is 2.26. The number of rotatable bonds is 1. The molecule has 0 saturated carbocycles. The number of aryl methyl sites for hydroxylation is 1. The summed E-state index contributed by atoms with van der Waals surface area (Å²) in [7, 11) is 0.